The topological polar surface area (TPSA) is 79.0 Å². The lowest BCUT2D eigenvalue weighted by atomic mass is 10.1. The molecule has 0 saturated carbocycles. The van der Waals surface area contributed by atoms with Gasteiger partial charge in [-0.15, -0.1) is 11.3 Å². The molecule has 2 aliphatic heterocycles. The zero-order valence-corrected chi connectivity index (χ0v) is 18.5. The van der Waals surface area contributed by atoms with Crippen molar-refractivity contribution < 1.29 is 17.9 Å². The van der Waals surface area contributed by atoms with Crippen molar-refractivity contribution in [1.82, 2.24) is 14.5 Å². The zero-order chi connectivity index (χ0) is 21.0. The van der Waals surface area contributed by atoms with Gasteiger partial charge in [0, 0.05) is 56.3 Å². The Balaban J connectivity index is 1.35. The highest BCUT2D eigenvalue weighted by molar-refractivity contribution is 7.89. The minimum Gasteiger partial charge on any atom is -0.377 e. The summed E-state index contributed by atoms with van der Waals surface area (Å²) in [5.74, 6) is -0.123. The van der Waals surface area contributed by atoms with Crippen molar-refractivity contribution in [3.8, 4) is 0 Å². The molecule has 162 valence electrons. The van der Waals surface area contributed by atoms with Crippen molar-refractivity contribution in [2.45, 2.75) is 30.4 Å². The SMILES string of the molecule is O=C(c1cccc(S(=O)(=O)NCc2cccs2)c1)N1CCN(C[C@H]2CCCO2)CC1. The van der Waals surface area contributed by atoms with Crippen molar-refractivity contribution in [1.29, 1.82) is 0 Å². The Bertz CT molecular complexity index is 948. The van der Waals surface area contributed by atoms with Crippen LogP contribution in [0, 0.1) is 0 Å². The number of carbonyl (C=O) groups excluding carboxylic acids is 1. The van der Waals surface area contributed by atoms with Gasteiger partial charge in [0.25, 0.3) is 5.91 Å². The van der Waals surface area contributed by atoms with Crippen molar-refractivity contribution in [3.05, 3.63) is 52.2 Å². The molecule has 2 saturated heterocycles. The van der Waals surface area contributed by atoms with Gasteiger partial charge in [-0.3, -0.25) is 9.69 Å². The number of hydrogen-bond donors (Lipinski definition) is 1. The number of ether oxygens (including phenoxy) is 1. The normalized spacial score (nSPS) is 20.5. The number of sulfonamides is 1. The molecule has 1 atom stereocenters. The molecule has 1 aromatic heterocycles. The molecule has 7 nitrogen and oxygen atoms in total. The number of nitrogens with one attached hydrogen (secondary N) is 1. The first-order valence-electron chi connectivity index (χ1n) is 10.3. The highest BCUT2D eigenvalue weighted by Gasteiger charge is 2.26. The molecule has 1 aromatic carbocycles. The Morgan fingerprint density at radius 2 is 2.00 bits per heavy atom. The van der Waals surface area contributed by atoms with Crippen LogP contribution in [0.1, 0.15) is 28.1 Å². The monoisotopic (exact) mass is 449 g/mol. The molecular formula is C21H27N3O4S2. The van der Waals surface area contributed by atoms with E-state index >= 15 is 0 Å². The van der Waals surface area contributed by atoms with Crippen LogP contribution in [0.25, 0.3) is 0 Å². The summed E-state index contributed by atoms with van der Waals surface area (Å²) in [6.07, 6.45) is 2.56. The second-order valence-electron chi connectivity index (χ2n) is 7.66. The first-order valence-corrected chi connectivity index (χ1v) is 12.6. The summed E-state index contributed by atoms with van der Waals surface area (Å²) in [5.41, 5.74) is 0.404. The third-order valence-electron chi connectivity index (χ3n) is 5.55. The fourth-order valence-corrected chi connectivity index (χ4v) is 5.64. The molecule has 2 fully saturated rings. The quantitative estimate of drug-likeness (QED) is 0.701. The maximum Gasteiger partial charge on any atom is 0.253 e. The molecule has 0 bridgehead atoms. The number of carbonyl (C=O) groups is 1. The lowest BCUT2D eigenvalue weighted by molar-refractivity contribution is 0.0432. The second-order valence-corrected chi connectivity index (χ2v) is 10.5. The molecule has 2 aromatic rings. The number of nitrogens with zero attached hydrogens (tertiary/aromatic N) is 2. The molecule has 9 heteroatoms. The maximum absolute atomic E-state index is 12.9. The summed E-state index contributed by atoms with van der Waals surface area (Å²) in [5, 5.41) is 1.91. The summed E-state index contributed by atoms with van der Waals surface area (Å²) in [4.78, 5) is 18.1. The van der Waals surface area contributed by atoms with Crippen LogP contribution in [0.15, 0.2) is 46.7 Å². The molecular weight excluding hydrogens is 422 g/mol. The van der Waals surface area contributed by atoms with Crippen LogP contribution < -0.4 is 4.72 Å². The molecule has 30 heavy (non-hydrogen) atoms. The van der Waals surface area contributed by atoms with Crippen LogP contribution in [0.5, 0.6) is 0 Å². The van der Waals surface area contributed by atoms with E-state index in [1.807, 2.05) is 17.5 Å². The Morgan fingerprint density at radius 3 is 2.70 bits per heavy atom. The number of hydrogen-bond acceptors (Lipinski definition) is 6. The van der Waals surface area contributed by atoms with Crippen LogP contribution in [0.2, 0.25) is 0 Å². The van der Waals surface area contributed by atoms with Gasteiger partial charge in [0.05, 0.1) is 11.0 Å². The molecule has 0 spiro atoms. The molecule has 2 aliphatic rings. The summed E-state index contributed by atoms with van der Waals surface area (Å²) in [6, 6.07) is 10.1. The number of benzene rings is 1. The first kappa shape index (κ1) is 21.5. The third-order valence-corrected chi connectivity index (χ3v) is 7.83. The first-order chi connectivity index (χ1) is 14.5. The third kappa shape index (κ3) is 5.28. The smallest absolute Gasteiger partial charge is 0.253 e. The van der Waals surface area contributed by atoms with Crippen LogP contribution >= 0.6 is 11.3 Å². The van der Waals surface area contributed by atoms with Gasteiger partial charge < -0.3 is 9.64 Å². The maximum atomic E-state index is 12.9. The van der Waals surface area contributed by atoms with Gasteiger partial charge in [-0.2, -0.15) is 0 Å². The Hall–Kier alpha value is -1.78. The molecule has 4 rings (SSSR count). The average molecular weight is 450 g/mol. The van der Waals surface area contributed by atoms with E-state index in [1.54, 1.807) is 17.0 Å². The van der Waals surface area contributed by atoms with Crippen molar-refractivity contribution in [2.24, 2.45) is 0 Å². The second kappa shape index (κ2) is 9.57. The molecule has 1 amide bonds. The Morgan fingerprint density at radius 1 is 1.17 bits per heavy atom. The number of amides is 1. The predicted octanol–water partition coefficient (Wildman–Crippen LogP) is 2.16. The Labute approximate surface area is 181 Å². The van der Waals surface area contributed by atoms with E-state index in [4.69, 9.17) is 4.74 Å². The Kier molecular flexibility index (Phi) is 6.84. The molecule has 0 radical (unpaired) electrons. The van der Waals surface area contributed by atoms with Gasteiger partial charge in [-0.25, -0.2) is 13.1 Å². The van der Waals surface area contributed by atoms with Crippen molar-refractivity contribution in [3.63, 3.8) is 0 Å². The number of thiophene rings is 1. The molecule has 0 unspecified atom stereocenters. The van der Waals surface area contributed by atoms with Crippen LogP contribution in [-0.2, 0) is 21.3 Å². The van der Waals surface area contributed by atoms with Gasteiger partial charge in [0.1, 0.15) is 0 Å². The van der Waals surface area contributed by atoms with Crippen molar-refractivity contribution in [2.75, 3.05) is 39.3 Å². The van der Waals surface area contributed by atoms with E-state index in [2.05, 4.69) is 9.62 Å². The van der Waals surface area contributed by atoms with Gasteiger partial charge >= 0.3 is 0 Å². The van der Waals surface area contributed by atoms with E-state index in [1.165, 1.54) is 23.5 Å². The van der Waals surface area contributed by atoms with Gasteiger partial charge in [0.15, 0.2) is 0 Å². The summed E-state index contributed by atoms with van der Waals surface area (Å²) >= 11 is 1.50. The number of piperazine rings is 1. The highest BCUT2D eigenvalue weighted by atomic mass is 32.2. The zero-order valence-electron chi connectivity index (χ0n) is 16.8. The fourth-order valence-electron chi connectivity index (χ4n) is 3.85. The van der Waals surface area contributed by atoms with E-state index in [9.17, 15) is 13.2 Å². The predicted molar refractivity (Wildman–Crippen MR) is 116 cm³/mol. The lowest BCUT2D eigenvalue weighted by Crippen LogP contribution is -2.50. The van der Waals surface area contributed by atoms with Gasteiger partial charge in [-0.1, -0.05) is 12.1 Å². The average Bonchev–Trinajstić information content (AvgIpc) is 3.47. The van der Waals surface area contributed by atoms with Crippen LogP contribution in [0.4, 0.5) is 0 Å². The summed E-state index contributed by atoms with van der Waals surface area (Å²) in [6.45, 7) is 4.91. The van der Waals surface area contributed by atoms with Gasteiger partial charge in [-0.05, 0) is 42.5 Å². The molecule has 3 heterocycles. The van der Waals surface area contributed by atoms with Crippen molar-refractivity contribution >= 4 is 27.3 Å². The lowest BCUT2D eigenvalue weighted by Gasteiger charge is -2.35. The summed E-state index contributed by atoms with van der Waals surface area (Å²) < 4.78 is 33.6. The van der Waals surface area contributed by atoms with Crippen LogP contribution in [-0.4, -0.2) is 69.6 Å². The largest absolute Gasteiger partial charge is 0.377 e. The minimum atomic E-state index is -3.68. The summed E-state index contributed by atoms with van der Waals surface area (Å²) in [7, 11) is -3.68. The van der Waals surface area contributed by atoms with E-state index in [0.29, 0.717) is 24.8 Å². The van der Waals surface area contributed by atoms with Gasteiger partial charge in [0.2, 0.25) is 10.0 Å². The number of rotatable bonds is 7. The minimum absolute atomic E-state index is 0.113. The molecule has 1 N–H and O–H groups in total. The van der Waals surface area contributed by atoms with Crippen LogP contribution in [0.3, 0.4) is 0 Å². The van der Waals surface area contributed by atoms with E-state index in [0.717, 1.165) is 44.0 Å². The highest BCUT2D eigenvalue weighted by Crippen LogP contribution is 2.18. The fraction of sp³-hybridized carbons (Fsp3) is 0.476. The van der Waals surface area contributed by atoms with E-state index in [-0.39, 0.29) is 17.3 Å². The molecule has 0 aliphatic carbocycles. The standard InChI is InChI=1S/C21H27N3O4S2/c25-21(24-10-8-23(9-11-24)16-18-5-2-12-28-18)17-4-1-7-20(14-17)30(26,27)22-15-19-6-3-13-29-19/h1,3-4,6-7,13-14,18,22H,2,5,8-12,15-16H2/t18-/m1/s1. The van der Waals surface area contributed by atoms with E-state index < -0.39 is 10.0 Å².